The molecule has 0 saturated heterocycles. The number of hydrogen-bond donors (Lipinski definition) is 1. The van der Waals surface area contributed by atoms with Crippen molar-refractivity contribution in [2.75, 3.05) is 18.9 Å². The van der Waals surface area contributed by atoms with Gasteiger partial charge in [0, 0.05) is 17.8 Å². The highest BCUT2D eigenvalue weighted by atomic mass is 35.5. The van der Waals surface area contributed by atoms with Crippen molar-refractivity contribution in [2.24, 2.45) is 0 Å². The van der Waals surface area contributed by atoms with Crippen molar-refractivity contribution in [1.29, 1.82) is 0 Å². The lowest BCUT2D eigenvalue weighted by Crippen LogP contribution is -2.34. The third kappa shape index (κ3) is 4.56. The summed E-state index contributed by atoms with van der Waals surface area (Å²) in [5.41, 5.74) is 1.80. The molecule has 0 aliphatic carbocycles. The van der Waals surface area contributed by atoms with Gasteiger partial charge in [-0.3, -0.25) is 4.79 Å². The number of aryl methyl sites for hydroxylation is 1. The number of halogens is 1. The minimum absolute atomic E-state index is 0.0921. The van der Waals surface area contributed by atoms with Gasteiger partial charge in [0.15, 0.2) is 0 Å². The zero-order valence-electron chi connectivity index (χ0n) is 13.5. The number of sulfonamides is 1. The van der Waals surface area contributed by atoms with Crippen molar-refractivity contribution >= 4 is 33.2 Å². The molecule has 0 unspecified atom stereocenters. The molecule has 0 heterocycles. The molecule has 5 nitrogen and oxygen atoms in total. The van der Waals surface area contributed by atoms with Crippen molar-refractivity contribution in [1.82, 2.24) is 4.31 Å². The van der Waals surface area contributed by atoms with Gasteiger partial charge in [-0.2, -0.15) is 4.31 Å². The molecule has 2 aromatic rings. The molecule has 1 amide bonds. The third-order valence-corrected chi connectivity index (χ3v) is 5.60. The van der Waals surface area contributed by atoms with Gasteiger partial charge < -0.3 is 5.32 Å². The normalized spacial score (nSPS) is 11.5. The van der Waals surface area contributed by atoms with Crippen LogP contribution < -0.4 is 5.32 Å². The molecule has 0 bridgehead atoms. The van der Waals surface area contributed by atoms with E-state index in [1.165, 1.54) is 31.3 Å². The molecule has 0 aliphatic rings. The zero-order valence-corrected chi connectivity index (χ0v) is 15.1. The number of likely N-dealkylation sites (N-methyl/N-ethyl adjacent to an activating group) is 1. The Bertz CT molecular complexity index is 803. The minimum Gasteiger partial charge on any atom is -0.325 e. The molecule has 0 spiro atoms. The van der Waals surface area contributed by atoms with Crippen molar-refractivity contribution in [3.63, 3.8) is 0 Å². The largest absolute Gasteiger partial charge is 0.325 e. The van der Waals surface area contributed by atoms with E-state index in [0.717, 1.165) is 16.3 Å². The van der Waals surface area contributed by atoms with Crippen molar-refractivity contribution in [3.05, 3.63) is 59.1 Å². The van der Waals surface area contributed by atoms with E-state index < -0.39 is 15.9 Å². The van der Waals surface area contributed by atoms with Crippen LogP contribution in [0.5, 0.6) is 0 Å². The van der Waals surface area contributed by atoms with Crippen LogP contribution in [0.1, 0.15) is 12.5 Å². The zero-order chi connectivity index (χ0) is 17.7. The van der Waals surface area contributed by atoms with E-state index in [4.69, 9.17) is 11.6 Å². The summed E-state index contributed by atoms with van der Waals surface area (Å²) in [6.07, 6.45) is 0.913. The summed E-state index contributed by atoms with van der Waals surface area (Å²) >= 11 is 5.76. The molecule has 0 atom stereocenters. The molecule has 0 aliphatic heterocycles. The molecule has 7 heteroatoms. The summed E-state index contributed by atoms with van der Waals surface area (Å²) in [5, 5.41) is 3.14. The molecule has 2 rings (SSSR count). The number of benzene rings is 2. The molecule has 2 aromatic carbocycles. The molecular weight excluding hydrogens is 348 g/mol. The number of hydrogen-bond acceptors (Lipinski definition) is 3. The molecular formula is C17H19ClN2O3S. The maximum Gasteiger partial charge on any atom is 0.243 e. The van der Waals surface area contributed by atoms with E-state index in [-0.39, 0.29) is 11.4 Å². The lowest BCUT2D eigenvalue weighted by Gasteiger charge is -2.17. The Morgan fingerprint density at radius 1 is 1.08 bits per heavy atom. The number of carbonyl (C=O) groups excluding carboxylic acids is 1. The maximum absolute atomic E-state index is 12.4. The second kappa shape index (κ2) is 7.79. The summed E-state index contributed by atoms with van der Waals surface area (Å²) in [7, 11) is -2.38. The number of nitrogens with one attached hydrogen (secondary N) is 1. The van der Waals surface area contributed by atoms with Gasteiger partial charge in [0.05, 0.1) is 11.4 Å². The van der Waals surface area contributed by atoms with Gasteiger partial charge in [0.1, 0.15) is 0 Å². The first kappa shape index (κ1) is 18.4. The Labute approximate surface area is 147 Å². The van der Waals surface area contributed by atoms with E-state index in [0.29, 0.717) is 10.7 Å². The molecule has 128 valence electrons. The second-order valence-electron chi connectivity index (χ2n) is 5.31. The Balaban J connectivity index is 2.03. The first-order valence-electron chi connectivity index (χ1n) is 7.43. The van der Waals surface area contributed by atoms with Gasteiger partial charge in [-0.15, -0.1) is 0 Å². The minimum atomic E-state index is -3.74. The Morgan fingerprint density at radius 2 is 1.67 bits per heavy atom. The standard InChI is InChI=1S/C17H19ClN2O3S/c1-3-13-4-8-15(9-5-13)19-17(21)12-20(2)24(22,23)16-10-6-14(18)7-11-16/h4-11H,3,12H2,1-2H3,(H,19,21). The van der Waals surface area contributed by atoms with Crippen LogP contribution in [0.3, 0.4) is 0 Å². The summed E-state index contributed by atoms with van der Waals surface area (Å²) in [5.74, 6) is -0.403. The number of amides is 1. The van der Waals surface area contributed by atoms with Gasteiger partial charge in [-0.1, -0.05) is 30.7 Å². The van der Waals surface area contributed by atoms with Crippen molar-refractivity contribution in [3.8, 4) is 0 Å². The Hall–Kier alpha value is -1.89. The lowest BCUT2D eigenvalue weighted by molar-refractivity contribution is -0.116. The van der Waals surface area contributed by atoms with Gasteiger partial charge >= 0.3 is 0 Å². The Kier molecular flexibility index (Phi) is 5.99. The predicted molar refractivity (Wildman–Crippen MR) is 95.7 cm³/mol. The lowest BCUT2D eigenvalue weighted by atomic mass is 10.1. The van der Waals surface area contributed by atoms with Crippen LogP contribution in [0.4, 0.5) is 5.69 Å². The fourth-order valence-electron chi connectivity index (χ4n) is 2.10. The summed E-state index contributed by atoms with van der Waals surface area (Å²) < 4.78 is 25.8. The quantitative estimate of drug-likeness (QED) is 0.853. The molecule has 0 aromatic heterocycles. The van der Waals surface area contributed by atoms with Gasteiger partial charge in [-0.25, -0.2) is 8.42 Å². The van der Waals surface area contributed by atoms with Crippen LogP contribution in [0, 0.1) is 0 Å². The number of carbonyl (C=O) groups is 1. The molecule has 0 radical (unpaired) electrons. The number of rotatable bonds is 6. The van der Waals surface area contributed by atoms with Crippen LogP contribution in [0.15, 0.2) is 53.4 Å². The number of anilines is 1. The van der Waals surface area contributed by atoms with Crippen LogP contribution in [-0.4, -0.2) is 32.2 Å². The maximum atomic E-state index is 12.4. The monoisotopic (exact) mass is 366 g/mol. The second-order valence-corrected chi connectivity index (χ2v) is 7.79. The van der Waals surface area contributed by atoms with E-state index in [2.05, 4.69) is 5.32 Å². The van der Waals surface area contributed by atoms with Crippen LogP contribution in [0.2, 0.25) is 5.02 Å². The topological polar surface area (TPSA) is 66.5 Å². The van der Waals surface area contributed by atoms with Crippen molar-refractivity contribution < 1.29 is 13.2 Å². The van der Waals surface area contributed by atoms with Crippen molar-refractivity contribution in [2.45, 2.75) is 18.2 Å². The highest BCUT2D eigenvalue weighted by Crippen LogP contribution is 2.17. The van der Waals surface area contributed by atoms with Crippen LogP contribution in [-0.2, 0) is 21.2 Å². The van der Waals surface area contributed by atoms with Gasteiger partial charge in [-0.05, 0) is 48.4 Å². The SMILES string of the molecule is CCc1ccc(NC(=O)CN(C)S(=O)(=O)c2ccc(Cl)cc2)cc1. The van der Waals surface area contributed by atoms with E-state index >= 15 is 0 Å². The summed E-state index contributed by atoms with van der Waals surface area (Å²) in [4.78, 5) is 12.2. The third-order valence-electron chi connectivity index (χ3n) is 3.53. The smallest absolute Gasteiger partial charge is 0.243 e. The highest BCUT2D eigenvalue weighted by Gasteiger charge is 2.22. The first-order valence-corrected chi connectivity index (χ1v) is 9.25. The first-order chi connectivity index (χ1) is 11.3. The van der Waals surface area contributed by atoms with E-state index in [1.807, 2.05) is 19.1 Å². The van der Waals surface area contributed by atoms with E-state index in [9.17, 15) is 13.2 Å². The molecule has 24 heavy (non-hydrogen) atoms. The average molecular weight is 367 g/mol. The fourth-order valence-corrected chi connectivity index (χ4v) is 3.35. The van der Waals surface area contributed by atoms with E-state index in [1.54, 1.807) is 12.1 Å². The predicted octanol–water partition coefficient (Wildman–Crippen LogP) is 3.16. The molecule has 0 saturated carbocycles. The Morgan fingerprint density at radius 3 is 2.21 bits per heavy atom. The number of nitrogens with zero attached hydrogens (tertiary/aromatic N) is 1. The highest BCUT2D eigenvalue weighted by molar-refractivity contribution is 7.89. The van der Waals surface area contributed by atoms with Crippen LogP contribution >= 0.6 is 11.6 Å². The fraction of sp³-hybridized carbons (Fsp3) is 0.235. The molecule has 1 N–H and O–H groups in total. The molecule has 0 fully saturated rings. The average Bonchev–Trinajstić information content (AvgIpc) is 2.55. The summed E-state index contributed by atoms with van der Waals surface area (Å²) in [6.45, 7) is 1.77. The van der Waals surface area contributed by atoms with Gasteiger partial charge in [0.2, 0.25) is 15.9 Å². The van der Waals surface area contributed by atoms with Crippen LogP contribution in [0.25, 0.3) is 0 Å². The van der Waals surface area contributed by atoms with Gasteiger partial charge in [0.25, 0.3) is 0 Å². The summed E-state index contributed by atoms with van der Waals surface area (Å²) in [6, 6.07) is 13.3.